The number of likely N-dealkylation sites (tertiary alicyclic amines) is 1. The lowest BCUT2D eigenvalue weighted by Gasteiger charge is -2.53. The number of carbonyl (C=O) groups is 1. The molecule has 0 radical (unpaired) electrons. The number of hydrogen-bond donors (Lipinski definition) is 0. The number of carbonyl (C=O) groups excluding carboxylic acids is 1. The maximum absolute atomic E-state index is 14.2. The highest BCUT2D eigenvalue weighted by Gasteiger charge is 2.48. The van der Waals surface area contributed by atoms with Gasteiger partial charge in [-0.1, -0.05) is 0 Å². The van der Waals surface area contributed by atoms with Crippen molar-refractivity contribution >= 4 is 17.5 Å². The van der Waals surface area contributed by atoms with Crippen molar-refractivity contribution < 1.29 is 18.8 Å². The second-order valence-electron chi connectivity index (χ2n) is 8.22. The van der Waals surface area contributed by atoms with Crippen LogP contribution in [-0.2, 0) is 4.74 Å². The Morgan fingerprint density at radius 2 is 1.88 bits per heavy atom. The first kappa shape index (κ1) is 18.4. The Morgan fingerprint density at radius 1 is 1.27 bits per heavy atom. The molecule has 0 N–H and O–H groups in total. The molecular weight excluding hydrogens is 341 g/mol. The summed E-state index contributed by atoms with van der Waals surface area (Å²) in [7, 11) is 0. The highest BCUT2D eigenvalue weighted by Crippen LogP contribution is 2.42. The fourth-order valence-corrected chi connectivity index (χ4v) is 3.62. The molecule has 26 heavy (non-hydrogen) atoms. The van der Waals surface area contributed by atoms with Crippen LogP contribution in [0.2, 0.25) is 0 Å². The SMILES string of the molecule is CC(C)(C)OC(=O)N1CC2(CCN(c3ccc([N+](=O)[O-])cc3F)CC2)C1. The van der Waals surface area contributed by atoms with E-state index in [0.717, 1.165) is 18.9 Å². The molecular formula is C18H24FN3O4. The third-order valence-corrected chi connectivity index (χ3v) is 5.01. The molecule has 2 aliphatic rings. The Morgan fingerprint density at radius 3 is 2.38 bits per heavy atom. The monoisotopic (exact) mass is 365 g/mol. The number of ether oxygens (including phenoxy) is 1. The van der Waals surface area contributed by atoms with Gasteiger partial charge in [-0.05, 0) is 39.7 Å². The van der Waals surface area contributed by atoms with Gasteiger partial charge in [0.2, 0.25) is 0 Å². The molecule has 1 aromatic rings. The molecule has 0 unspecified atom stereocenters. The average molecular weight is 365 g/mol. The number of hydrogen-bond acceptors (Lipinski definition) is 5. The van der Waals surface area contributed by atoms with E-state index in [4.69, 9.17) is 4.74 Å². The van der Waals surface area contributed by atoms with Gasteiger partial charge < -0.3 is 14.5 Å². The molecule has 2 heterocycles. The van der Waals surface area contributed by atoms with Crippen molar-refractivity contribution in [1.82, 2.24) is 4.90 Å². The van der Waals surface area contributed by atoms with Gasteiger partial charge in [-0.15, -0.1) is 0 Å². The van der Waals surface area contributed by atoms with Gasteiger partial charge in [-0.3, -0.25) is 10.1 Å². The van der Waals surface area contributed by atoms with Crippen molar-refractivity contribution in [2.45, 2.75) is 39.2 Å². The van der Waals surface area contributed by atoms with Crippen LogP contribution < -0.4 is 4.90 Å². The number of nitrogens with zero attached hydrogens (tertiary/aromatic N) is 3. The van der Waals surface area contributed by atoms with Crippen molar-refractivity contribution in [3.05, 3.63) is 34.1 Å². The topological polar surface area (TPSA) is 75.9 Å². The summed E-state index contributed by atoms with van der Waals surface area (Å²) in [6.45, 7) is 8.19. The number of non-ortho nitro benzene ring substituents is 1. The van der Waals surface area contributed by atoms with Gasteiger partial charge in [0.25, 0.3) is 5.69 Å². The zero-order valence-electron chi connectivity index (χ0n) is 15.3. The molecule has 3 rings (SSSR count). The molecule has 1 aromatic carbocycles. The van der Waals surface area contributed by atoms with Crippen LogP contribution in [0.3, 0.4) is 0 Å². The summed E-state index contributed by atoms with van der Waals surface area (Å²) in [5, 5.41) is 10.7. The molecule has 7 nitrogen and oxygen atoms in total. The van der Waals surface area contributed by atoms with Gasteiger partial charge in [-0.2, -0.15) is 0 Å². The fraction of sp³-hybridized carbons (Fsp3) is 0.611. The van der Waals surface area contributed by atoms with Gasteiger partial charge in [0.05, 0.1) is 16.7 Å². The van der Waals surface area contributed by atoms with Crippen LogP contribution in [0, 0.1) is 21.3 Å². The zero-order chi connectivity index (χ0) is 19.1. The lowest BCUT2D eigenvalue weighted by Crippen LogP contribution is -2.62. The van der Waals surface area contributed by atoms with E-state index in [9.17, 15) is 19.3 Å². The summed E-state index contributed by atoms with van der Waals surface area (Å²) in [4.78, 5) is 25.8. The zero-order valence-corrected chi connectivity index (χ0v) is 15.3. The first-order valence-corrected chi connectivity index (χ1v) is 8.75. The van der Waals surface area contributed by atoms with Crippen molar-refractivity contribution in [1.29, 1.82) is 0 Å². The summed E-state index contributed by atoms with van der Waals surface area (Å²) in [6.07, 6.45) is 1.41. The van der Waals surface area contributed by atoms with Crippen LogP contribution in [-0.4, -0.2) is 47.7 Å². The Balaban J connectivity index is 1.56. The first-order valence-electron chi connectivity index (χ1n) is 8.75. The fourth-order valence-electron chi connectivity index (χ4n) is 3.62. The molecule has 0 saturated carbocycles. The molecule has 2 fully saturated rings. The highest BCUT2D eigenvalue weighted by atomic mass is 19.1. The smallest absolute Gasteiger partial charge is 0.410 e. The third-order valence-electron chi connectivity index (χ3n) is 5.01. The maximum atomic E-state index is 14.2. The molecule has 2 aliphatic heterocycles. The minimum absolute atomic E-state index is 0.0741. The summed E-state index contributed by atoms with van der Waals surface area (Å²) in [6, 6.07) is 3.77. The molecule has 1 spiro atoms. The van der Waals surface area contributed by atoms with E-state index >= 15 is 0 Å². The van der Waals surface area contributed by atoms with Crippen LogP contribution in [0.4, 0.5) is 20.6 Å². The number of rotatable bonds is 2. The summed E-state index contributed by atoms with van der Waals surface area (Å²) >= 11 is 0. The number of benzene rings is 1. The Hall–Kier alpha value is -2.38. The number of nitro benzene ring substituents is 1. The summed E-state index contributed by atoms with van der Waals surface area (Å²) in [5.41, 5.74) is -0.276. The number of anilines is 1. The normalized spacial score (nSPS) is 19.2. The van der Waals surface area contributed by atoms with Gasteiger partial charge in [0.1, 0.15) is 5.60 Å². The van der Waals surface area contributed by atoms with Crippen molar-refractivity contribution in [3.63, 3.8) is 0 Å². The maximum Gasteiger partial charge on any atom is 0.410 e. The van der Waals surface area contributed by atoms with E-state index in [1.165, 1.54) is 12.1 Å². The van der Waals surface area contributed by atoms with Crippen LogP contribution in [0.25, 0.3) is 0 Å². The van der Waals surface area contributed by atoms with Crippen LogP contribution >= 0.6 is 0 Å². The van der Waals surface area contributed by atoms with E-state index in [1.807, 2.05) is 25.7 Å². The van der Waals surface area contributed by atoms with Gasteiger partial charge in [0, 0.05) is 37.7 Å². The second-order valence-corrected chi connectivity index (χ2v) is 8.22. The van der Waals surface area contributed by atoms with E-state index in [2.05, 4.69) is 0 Å². The molecule has 142 valence electrons. The minimum Gasteiger partial charge on any atom is -0.444 e. The van der Waals surface area contributed by atoms with Gasteiger partial charge >= 0.3 is 6.09 Å². The molecule has 0 bridgehead atoms. The minimum atomic E-state index is -0.600. The predicted octanol–water partition coefficient (Wildman–Crippen LogP) is 3.57. The Bertz CT molecular complexity index is 716. The van der Waals surface area contributed by atoms with Gasteiger partial charge in [0.15, 0.2) is 5.82 Å². The molecule has 0 aliphatic carbocycles. The van der Waals surface area contributed by atoms with Crippen molar-refractivity contribution in [2.75, 3.05) is 31.1 Å². The molecule has 2 saturated heterocycles. The lowest BCUT2D eigenvalue weighted by atomic mass is 9.72. The van der Waals surface area contributed by atoms with Crippen molar-refractivity contribution in [2.24, 2.45) is 5.41 Å². The lowest BCUT2D eigenvalue weighted by molar-refractivity contribution is -0.385. The number of nitro groups is 1. The largest absolute Gasteiger partial charge is 0.444 e. The van der Waals surface area contributed by atoms with Crippen LogP contribution in [0.1, 0.15) is 33.6 Å². The van der Waals surface area contributed by atoms with Gasteiger partial charge in [-0.25, -0.2) is 9.18 Å². The van der Waals surface area contributed by atoms with E-state index in [0.29, 0.717) is 31.9 Å². The molecule has 8 heteroatoms. The van der Waals surface area contributed by atoms with Crippen LogP contribution in [0.15, 0.2) is 18.2 Å². The number of halogens is 1. The van der Waals surface area contributed by atoms with Crippen LogP contribution in [0.5, 0.6) is 0 Å². The quantitative estimate of drug-likeness (QED) is 0.591. The molecule has 0 atom stereocenters. The Labute approximate surface area is 151 Å². The Kier molecular flexibility index (Phi) is 4.54. The average Bonchev–Trinajstić information content (AvgIpc) is 2.51. The highest BCUT2D eigenvalue weighted by molar-refractivity contribution is 5.69. The number of amides is 1. The van der Waals surface area contributed by atoms with E-state index < -0.39 is 16.3 Å². The summed E-state index contributed by atoms with van der Waals surface area (Å²) < 4.78 is 19.6. The van der Waals surface area contributed by atoms with E-state index in [-0.39, 0.29) is 17.2 Å². The first-order chi connectivity index (χ1) is 12.1. The van der Waals surface area contributed by atoms with E-state index in [1.54, 1.807) is 4.90 Å². The van der Waals surface area contributed by atoms with Crippen molar-refractivity contribution in [3.8, 4) is 0 Å². The standard InChI is InChI=1S/C18H24FN3O4/c1-17(2,3)26-16(23)21-11-18(12-21)6-8-20(9-7-18)15-5-4-13(22(24)25)10-14(15)19/h4-5,10H,6-9,11-12H2,1-3H3. The second kappa shape index (κ2) is 6.41. The predicted molar refractivity (Wildman–Crippen MR) is 94.7 cm³/mol. The molecule has 1 amide bonds. The molecule has 0 aromatic heterocycles. The third kappa shape index (κ3) is 3.73. The summed E-state index contributed by atoms with van der Waals surface area (Å²) in [5.74, 6) is -0.570. The number of piperidine rings is 1.